The Morgan fingerprint density at radius 1 is 1.52 bits per heavy atom. The molecule has 0 aliphatic carbocycles. The summed E-state index contributed by atoms with van der Waals surface area (Å²) < 4.78 is 5.39. The minimum atomic E-state index is -0.336. The Kier molecular flexibility index (Phi) is 5.42. The highest BCUT2D eigenvalue weighted by Crippen LogP contribution is 2.29. The Balaban J connectivity index is 1.88. The molecule has 0 radical (unpaired) electrons. The maximum absolute atomic E-state index is 11.9. The second kappa shape index (κ2) is 7.29. The number of rotatable bonds is 8. The maximum atomic E-state index is 11.9. The van der Waals surface area contributed by atoms with Gasteiger partial charge in [-0.15, -0.1) is 0 Å². The van der Waals surface area contributed by atoms with Crippen LogP contribution >= 0.6 is 0 Å². The number of hydrogen-bond acceptors (Lipinski definition) is 3. The molecule has 1 atom stereocenters. The fourth-order valence-corrected chi connectivity index (χ4v) is 2.77. The molecule has 1 aromatic heterocycles. The lowest BCUT2D eigenvalue weighted by Gasteiger charge is -2.28. The van der Waals surface area contributed by atoms with Crippen LogP contribution in [0.25, 0.3) is 0 Å². The molecule has 1 aromatic rings. The molecular formula is C16H24N2O3. The van der Waals surface area contributed by atoms with E-state index in [9.17, 15) is 9.59 Å². The summed E-state index contributed by atoms with van der Waals surface area (Å²) in [6.07, 6.45) is 6.72. The van der Waals surface area contributed by atoms with Crippen molar-refractivity contribution in [2.75, 3.05) is 6.54 Å². The van der Waals surface area contributed by atoms with Crippen molar-refractivity contribution in [2.24, 2.45) is 0 Å². The molecule has 1 aliphatic rings. The van der Waals surface area contributed by atoms with Crippen LogP contribution in [0.2, 0.25) is 0 Å². The van der Waals surface area contributed by atoms with Gasteiger partial charge in [0.2, 0.25) is 11.8 Å². The lowest BCUT2D eigenvalue weighted by Crippen LogP contribution is -2.44. The van der Waals surface area contributed by atoms with E-state index in [2.05, 4.69) is 17.6 Å². The first-order valence-electron chi connectivity index (χ1n) is 7.74. The molecule has 2 N–H and O–H groups in total. The number of amides is 2. The summed E-state index contributed by atoms with van der Waals surface area (Å²) in [5, 5.41) is 5.97. The number of furan rings is 1. The van der Waals surface area contributed by atoms with E-state index in [4.69, 9.17) is 4.42 Å². The molecule has 2 amide bonds. The molecule has 5 nitrogen and oxygen atoms in total. The molecule has 1 fully saturated rings. The first kappa shape index (κ1) is 15.6. The van der Waals surface area contributed by atoms with E-state index in [1.165, 1.54) is 0 Å². The number of carbonyl (C=O) groups is 2. The van der Waals surface area contributed by atoms with Crippen molar-refractivity contribution in [2.45, 2.75) is 57.4 Å². The highest BCUT2D eigenvalue weighted by Gasteiger charge is 2.38. The third-order valence-corrected chi connectivity index (χ3v) is 4.01. The molecule has 1 saturated heterocycles. The third kappa shape index (κ3) is 4.62. The van der Waals surface area contributed by atoms with Crippen LogP contribution in [-0.4, -0.2) is 23.9 Å². The fourth-order valence-electron chi connectivity index (χ4n) is 2.77. The van der Waals surface area contributed by atoms with Gasteiger partial charge in [-0.05, 0) is 31.4 Å². The summed E-state index contributed by atoms with van der Waals surface area (Å²) >= 11 is 0. The van der Waals surface area contributed by atoms with Crippen molar-refractivity contribution >= 4 is 11.8 Å². The van der Waals surface area contributed by atoms with Gasteiger partial charge < -0.3 is 15.1 Å². The summed E-state index contributed by atoms with van der Waals surface area (Å²) in [6, 6.07) is 3.75. The van der Waals surface area contributed by atoms with Crippen molar-refractivity contribution < 1.29 is 14.0 Å². The van der Waals surface area contributed by atoms with Crippen LogP contribution in [0.4, 0.5) is 0 Å². The van der Waals surface area contributed by atoms with Crippen LogP contribution in [0.1, 0.15) is 51.2 Å². The van der Waals surface area contributed by atoms with E-state index >= 15 is 0 Å². The summed E-state index contributed by atoms with van der Waals surface area (Å²) in [6.45, 7) is 2.82. The van der Waals surface area contributed by atoms with Crippen molar-refractivity contribution in [3.8, 4) is 0 Å². The largest absolute Gasteiger partial charge is 0.469 e. The predicted molar refractivity (Wildman–Crippen MR) is 79.7 cm³/mol. The first-order chi connectivity index (χ1) is 10.1. The number of carbonyl (C=O) groups excluding carboxylic acids is 2. The molecule has 0 spiro atoms. The fraction of sp³-hybridized carbons (Fsp3) is 0.625. The maximum Gasteiger partial charge on any atom is 0.220 e. The smallest absolute Gasteiger partial charge is 0.220 e. The Hall–Kier alpha value is -1.78. The molecular weight excluding hydrogens is 268 g/mol. The van der Waals surface area contributed by atoms with Crippen LogP contribution in [0.5, 0.6) is 0 Å². The zero-order valence-corrected chi connectivity index (χ0v) is 12.6. The quantitative estimate of drug-likeness (QED) is 0.721. The standard InChI is InChI=1S/C16H24N2O3/c1-2-3-10-17-14(19)6-8-16(9-7-15(20)18-16)12-13-5-4-11-21-13/h4-5,11H,2-3,6-10,12H2,1H3,(H,17,19)(H,18,20). The lowest BCUT2D eigenvalue weighted by atomic mass is 9.87. The van der Waals surface area contributed by atoms with Crippen LogP contribution in [0.15, 0.2) is 22.8 Å². The zero-order chi connectivity index (χ0) is 15.1. The van der Waals surface area contributed by atoms with Crippen molar-refractivity contribution in [3.63, 3.8) is 0 Å². The molecule has 1 unspecified atom stereocenters. The third-order valence-electron chi connectivity index (χ3n) is 4.01. The number of nitrogens with one attached hydrogen (secondary N) is 2. The molecule has 21 heavy (non-hydrogen) atoms. The summed E-state index contributed by atoms with van der Waals surface area (Å²) in [5.41, 5.74) is -0.336. The van der Waals surface area contributed by atoms with Crippen molar-refractivity contribution in [3.05, 3.63) is 24.2 Å². The van der Waals surface area contributed by atoms with Gasteiger partial charge in [-0.2, -0.15) is 0 Å². The second-order valence-electron chi connectivity index (χ2n) is 5.79. The van der Waals surface area contributed by atoms with Gasteiger partial charge in [0.05, 0.1) is 6.26 Å². The number of unbranched alkanes of at least 4 members (excludes halogenated alkanes) is 1. The Bertz CT molecular complexity index is 470. The topological polar surface area (TPSA) is 71.3 Å². The van der Waals surface area contributed by atoms with Gasteiger partial charge in [0.25, 0.3) is 0 Å². The molecule has 2 heterocycles. The van der Waals surface area contributed by atoms with Gasteiger partial charge in [0, 0.05) is 31.3 Å². The molecule has 0 aromatic carbocycles. The van der Waals surface area contributed by atoms with Gasteiger partial charge in [-0.25, -0.2) is 0 Å². The molecule has 0 bridgehead atoms. The molecule has 116 valence electrons. The van der Waals surface area contributed by atoms with Crippen molar-refractivity contribution in [1.82, 2.24) is 10.6 Å². The van der Waals surface area contributed by atoms with E-state index in [0.717, 1.165) is 31.6 Å². The molecule has 5 heteroatoms. The van der Waals surface area contributed by atoms with Crippen LogP contribution < -0.4 is 10.6 Å². The number of hydrogen-bond donors (Lipinski definition) is 2. The Labute approximate surface area is 125 Å². The van der Waals surface area contributed by atoms with Gasteiger partial charge in [0.1, 0.15) is 5.76 Å². The predicted octanol–water partition coefficient (Wildman–Crippen LogP) is 2.17. The van der Waals surface area contributed by atoms with Crippen LogP contribution in [0.3, 0.4) is 0 Å². The van der Waals surface area contributed by atoms with E-state index in [1.807, 2.05) is 12.1 Å². The molecule has 1 aliphatic heterocycles. The van der Waals surface area contributed by atoms with Gasteiger partial charge in [-0.1, -0.05) is 13.3 Å². The minimum absolute atomic E-state index is 0.0587. The highest BCUT2D eigenvalue weighted by atomic mass is 16.3. The minimum Gasteiger partial charge on any atom is -0.469 e. The second-order valence-corrected chi connectivity index (χ2v) is 5.79. The summed E-state index contributed by atoms with van der Waals surface area (Å²) in [4.78, 5) is 23.5. The summed E-state index contributed by atoms with van der Waals surface area (Å²) in [7, 11) is 0. The first-order valence-corrected chi connectivity index (χ1v) is 7.74. The van der Waals surface area contributed by atoms with Gasteiger partial charge >= 0.3 is 0 Å². The average Bonchev–Trinajstić information content (AvgIpc) is 3.08. The van der Waals surface area contributed by atoms with E-state index in [-0.39, 0.29) is 17.4 Å². The monoisotopic (exact) mass is 292 g/mol. The average molecular weight is 292 g/mol. The zero-order valence-electron chi connectivity index (χ0n) is 12.6. The molecule has 2 rings (SSSR count). The van der Waals surface area contributed by atoms with Gasteiger partial charge in [0.15, 0.2) is 0 Å². The van der Waals surface area contributed by atoms with E-state index < -0.39 is 0 Å². The lowest BCUT2D eigenvalue weighted by molar-refractivity contribution is -0.122. The van der Waals surface area contributed by atoms with E-state index in [1.54, 1.807) is 6.26 Å². The Morgan fingerprint density at radius 3 is 3.00 bits per heavy atom. The van der Waals surface area contributed by atoms with Gasteiger partial charge in [-0.3, -0.25) is 9.59 Å². The van der Waals surface area contributed by atoms with E-state index in [0.29, 0.717) is 25.7 Å². The Morgan fingerprint density at radius 2 is 2.38 bits per heavy atom. The highest BCUT2D eigenvalue weighted by molar-refractivity contribution is 5.80. The molecule has 0 saturated carbocycles. The van der Waals surface area contributed by atoms with Crippen LogP contribution in [0, 0.1) is 0 Å². The normalized spacial score (nSPS) is 21.3. The SMILES string of the molecule is CCCCNC(=O)CCC1(Cc2ccco2)CCC(=O)N1. The summed E-state index contributed by atoms with van der Waals surface area (Å²) in [5.74, 6) is 0.972. The van der Waals surface area contributed by atoms with Crippen LogP contribution in [-0.2, 0) is 16.0 Å². The van der Waals surface area contributed by atoms with Crippen molar-refractivity contribution in [1.29, 1.82) is 0 Å².